The Morgan fingerprint density at radius 3 is 2.33 bits per heavy atom. The number of carbonyl (C=O) groups excluding carboxylic acids is 1. The Morgan fingerprint density at radius 2 is 1.78 bits per heavy atom. The van der Waals surface area contributed by atoms with Crippen molar-refractivity contribution in [3.8, 4) is 0 Å². The van der Waals surface area contributed by atoms with E-state index >= 15 is 0 Å². The molecule has 2 saturated carbocycles. The molecule has 2 aliphatic carbocycles. The first-order valence-corrected chi connectivity index (χ1v) is 7.61. The number of carbonyl (C=O) groups is 1. The molecule has 2 fully saturated rings. The van der Waals surface area contributed by atoms with Crippen molar-refractivity contribution in [2.24, 2.45) is 16.7 Å². The predicted molar refractivity (Wildman–Crippen MR) is 75.3 cm³/mol. The average molecular weight is 251 g/mol. The Kier molecular flexibility index (Phi) is 3.75. The molecule has 2 aliphatic rings. The quantitative estimate of drug-likeness (QED) is 0.792. The van der Waals surface area contributed by atoms with Gasteiger partial charge in [-0.2, -0.15) is 0 Å². The molecule has 104 valence electrons. The third kappa shape index (κ3) is 3.07. The lowest BCUT2D eigenvalue weighted by Crippen LogP contribution is -2.44. The van der Waals surface area contributed by atoms with E-state index in [1.165, 1.54) is 25.7 Å². The van der Waals surface area contributed by atoms with E-state index in [4.69, 9.17) is 0 Å². The van der Waals surface area contributed by atoms with Crippen molar-refractivity contribution >= 4 is 5.91 Å². The van der Waals surface area contributed by atoms with Crippen LogP contribution in [0.1, 0.15) is 72.6 Å². The molecule has 2 atom stereocenters. The molecule has 0 aromatic carbocycles. The van der Waals surface area contributed by atoms with E-state index < -0.39 is 0 Å². The van der Waals surface area contributed by atoms with Gasteiger partial charge in [0.15, 0.2) is 0 Å². The van der Waals surface area contributed by atoms with Crippen LogP contribution < -0.4 is 5.32 Å². The van der Waals surface area contributed by atoms with Crippen molar-refractivity contribution in [2.75, 3.05) is 0 Å². The summed E-state index contributed by atoms with van der Waals surface area (Å²) in [5.74, 6) is 0.553. The Hall–Kier alpha value is -0.530. The van der Waals surface area contributed by atoms with Gasteiger partial charge >= 0.3 is 0 Å². The van der Waals surface area contributed by atoms with Crippen LogP contribution in [0.2, 0.25) is 0 Å². The fourth-order valence-electron chi connectivity index (χ4n) is 3.84. The van der Waals surface area contributed by atoms with Gasteiger partial charge in [-0.3, -0.25) is 4.79 Å². The van der Waals surface area contributed by atoms with Gasteiger partial charge in [-0.05, 0) is 42.9 Å². The van der Waals surface area contributed by atoms with Gasteiger partial charge in [-0.15, -0.1) is 0 Å². The number of amides is 1. The molecule has 2 unspecified atom stereocenters. The fraction of sp³-hybridized carbons (Fsp3) is 0.938. The molecule has 0 aromatic rings. The van der Waals surface area contributed by atoms with E-state index in [1.807, 2.05) is 0 Å². The molecule has 2 nitrogen and oxygen atoms in total. The highest BCUT2D eigenvalue weighted by Crippen LogP contribution is 2.41. The molecule has 0 aromatic heterocycles. The summed E-state index contributed by atoms with van der Waals surface area (Å²) in [5.41, 5.74) is 0.608. The van der Waals surface area contributed by atoms with Crippen LogP contribution >= 0.6 is 0 Å². The van der Waals surface area contributed by atoms with Crippen LogP contribution in [0.4, 0.5) is 0 Å². The maximum atomic E-state index is 12.5. The van der Waals surface area contributed by atoms with Gasteiger partial charge in [-0.1, -0.05) is 40.5 Å². The first-order valence-electron chi connectivity index (χ1n) is 7.61. The summed E-state index contributed by atoms with van der Waals surface area (Å²) in [6, 6.07) is 0.422. The predicted octanol–water partition coefficient (Wildman–Crippen LogP) is 3.90. The summed E-state index contributed by atoms with van der Waals surface area (Å²) in [5, 5.41) is 3.32. The van der Waals surface area contributed by atoms with Gasteiger partial charge in [-0.25, -0.2) is 0 Å². The highest BCUT2D eigenvalue weighted by molar-refractivity contribution is 5.79. The van der Waals surface area contributed by atoms with Crippen molar-refractivity contribution in [2.45, 2.75) is 78.7 Å². The second-order valence-corrected chi connectivity index (χ2v) is 7.90. The molecule has 18 heavy (non-hydrogen) atoms. The van der Waals surface area contributed by atoms with Gasteiger partial charge in [0.25, 0.3) is 0 Å². The zero-order valence-electron chi connectivity index (χ0n) is 12.5. The normalized spacial score (nSPS) is 34.2. The smallest absolute Gasteiger partial charge is 0.223 e. The van der Waals surface area contributed by atoms with Crippen LogP contribution in [-0.2, 0) is 4.79 Å². The number of nitrogens with one attached hydrogen (secondary N) is 1. The summed E-state index contributed by atoms with van der Waals surface area (Å²) >= 11 is 0. The molecule has 1 amide bonds. The third-order valence-corrected chi connectivity index (χ3v) is 5.14. The van der Waals surface area contributed by atoms with Crippen LogP contribution in [0.5, 0.6) is 0 Å². The summed E-state index contributed by atoms with van der Waals surface area (Å²) in [7, 11) is 0. The Bertz CT molecular complexity index is 319. The summed E-state index contributed by atoms with van der Waals surface area (Å²) in [6.07, 6.45) is 8.32. The van der Waals surface area contributed by atoms with E-state index in [9.17, 15) is 4.79 Å². The van der Waals surface area contributed by atoms with E-state index in [2.05, 4.69) is 33.0 Å². The molecular formula is C16H29NO. The van der Waals surface area contributed by atoms with Crippen LogP contribution in [0.15, 0.2) is 0 Å². The monoisotopic (exact) mass is 251 g/mol. The molecule has 0 bridgehead atoms. The second-order valence-electron chi connectivity index (χ2n) is 7.90. The van der Waals surface area contributed by atoms with Crippen molar-refractivity contribution < 1.29 is 4.79 Å². The first-order chi connectivity index (χ1) is 8.30. The number of rotatable bonds is 2. The maximum absolute atomic E-state index is 12.5. The summed E-state index contributed by atoms with van der Waals surface area (Å²) < 4.78 is 0. The van der Waals surface area contributed by atoms with Gasteiger partial charge in [0.2, 0.25) is 5.91 Å². The second kappa shape index (κ2) is 4.86. The molecule has 0 spiro atoms. The van der Waals surface area contributed by atoms with E-state index in [0.29, 0.717) is 17.4 Å². The Labute approximate surface area is 112 Å². The third-order valence-electron chi connectivity index (χ3n) is 5.14. The highest BCUT2D eigenvalue weighted by atomic mass is 16.2. The van der Waals surface area contributed by atoms with Crippen molar-refractivity contribution in [1.29, 1.82) is 0 Å². The Morgan fingerprint density at radius 1 is 1.06 bits per heavy atom. The number of hydrogen-bond donors (Lipinski definition) is 1. The highest BCUT2D eigenvalue weighted by Gasteiger charge is 2.39. The lowest BCUT2D eigenvalue weighted by atomic mass is 9.68. The topological polar surface area (TPSA) is 29.1 Å². The molecule has 0 radical (unpaired) electrons. The molecule has 2 rings (SSSR count). The van der Waals surface area contributed by atoms with Gasteiger partial charge in [0, 0.05) is 12.0 Å². The van der Waals surface area contributed by atoms with Gasteiger partial charge in [0.1, 0.15) is 0 Å². The average Bonchev–Trinajstić information content (AvgIpc) is 2.57. The summed E-state index contributed by atoms with van der Waals surface area (Å²) in [4.78, 5) is 12.5. The van der Waals surface area contributed by atoms with Crippen molar-refractivity contribution in [1.82, 2.24) is 5.32 Å². The van der Waals surface area contributed by atoms with Crippen molar-refractivity contribution in [3.05, 3.63) is 0 Å². The number of hydrogen-bond acceptors (Lipinski definition) is 1. The first kappa shape index (κ1) is 13.9. The standard InChI is InChI=1S/C16H29NO/c1-15(2)10-8-12(11-15)17-14(18)13-7-5-6-9-16(13,3)4/h12-13H,5-11H2,1-4H3,(H,17,18). The van der Waals surface area contributed by atoms with Crippen LogP contribution in [0.25, 0.3) is 0 Å². The minimum Gasteiger partial charge on any atom is -0.353 e. The fourth-order valence-corrected chi connectivity index (χ4v) is 3.84. The van der Waals surface area contributed by atoms with E-state index in [0.717, 1.165) is 19.3 Å². The molecular weight excluding hydrogens is 222 g/mol. The van der Waals surface area contributed by atoms with E-state index in [-0.39, 0.29) is 11.3 Å². The van der Waals surface area contributed by atoms with E-state index in [1.54, 1.807) is 0 Å². The van der Waals surface area contributed by atoms with Crippen LogP contribution in [-0.4, -0.2) is 11.9 Å². The molecule has 0 aliphatic heterocycles. The van der Waals surface area contributed by atoms with Crippen LogP contribution in [0.3, 0.4) is 0 Å². The van der Waals surface area contributed by atoms with Gasteiger partial charge in [0.05, 0.1) is 0 Å². The van der Waals surface area contributed by atoms with Crippen molar-refractivity contribution in [3.63, 3.8) is 0 Å². The molecule has 1 N–H and O–H groups in total. The largest absolute Gasteiger partial charge is 0.353 e. The minimum absolute atomic E-state index is 0.191. The zero-order valence-corrected chi connectivity index (χ0v) is 12.5. The molecule has 0 saturated heterocycles. The molecule has 2 heteroatoms. The Balaban J connectivity index is 1.92. The summed E-state index contributed by atoms with van der Waals surface area (Å²) in [6.45, 7) is 9.14. The lowest BCUT2D eigenvalue weighted by Gasteiger charge is -2.38. The zero-order chi connectivity index (χ0) is 13.4. The SMILES string of the molecule is CC1(C)CCC(NC(=O)C2CCCCC2(C)C)C1. The maximum Gasteiger partial charge on any atom is 0.223 e. The lowest BCUT2D eigenvalue weighted by molar-refractivity contribution is -0.130. The van der Waals surface area contributed by atoms with Crippen LogP contribution in [0, 0.1) is 16.7 Å². The molecule has 0 heterocycles. The minimum atomic E-state index is 0.191. The van der Waals surface area contributed by atoms with Gasteiger partial charge < -0.3 is 5.32 Å².